The molecule has 2 heterocycles. The molecule has 0 radical (unpaired) electrons. The predicted molar refractivity (Wildman–Crippen MR) is 76.4 cm³/mol. The van der Waals surface area contributed by atoms with Crippen LogP contribution in [0.5, 0.6) is 0 Å². The summed E-state index contributed by atoms with van der Waals surface area (Å²) in [6, 6.07) is 0. The Morgan fingerprint density at radius 3 is 2.20 bits per heavy atom. The molecule has 0 spiro atoms. The number of aliphatic carboxylic acids is 1. The molecule has 2 aliphatic rings. The quantitative estimate of drug-likeness (QED) is 0.850. The number of nitrogens with zero attached hydrogens (tertiary/aromatic N) is 2. The van der Waals surface area contributed by atoms with Crippen molar-refractivity contribution < 1.29 is 14.7 Å². The van der Waals surface area contributed by atoms with Gasteiger partial charge in [0.15, 0.2) is 0 Å². The van der Waals surface area contributed by atoms with Gasteiger partial charge in [0, 0.05) is 26.2 Å². The largest absolute Gasteiger partial charge is 0.481 e. The van der Waals surface area contributed by atoms with Crippen LogP contribution in [0.1, 0.15) is 39.0 Å². The number of likely N-dealkylation sites (tertiary alicyclic amines) is 2. The molecule has 2 unspecified atom stereocenters. The van der Waals surface area contributed by atoms with E-state index in [1.807, 2.05) is 16.7 Å². The van der Waals surface area contributed by atoms with E-state index in [0.717, 1.165) is 32.5 Å². The topological polar surface area (TPSA) is 60.9 Å². The van der Waals surface area contributed by atoms with Gasteiger partial charge in [0.2, 0.25) is 5.91 Å². The Morgan fingerprint density at radius 1 is 1.05 bits per heavy atom. The van der Waals surface area contributed by atoms with Crippen LogP contribution in [0.15, 0.2) is 0 Å². The van der Waals surface area contributed by atoms with E-state index in [4.69, 9.17) is 5.11 Å². The van der Waals surface area contributed by atoms with Crippen molar-refractivity contribution in [2.45, 2.75) is 39.0 Å². The monoisotopic (exact) mass is 282 g/mol. The molecule has 0 bridgehead atoms. The third-order valence-corrected chi connectivity index (χ3v) is 4.57. The number of amides is 1. The molecule has 0 saturated carbocycles. The van der Waals surface area contributed by atoms with Gasteiger partial charge < -0.3 is 10.0 Å². The lowest BCUT2D eigenvalue weighted by Gasteiger charge is -2.27. The highest BCUT2D eigenvalue weighted by atomic mass is 16.4. The average molecular weight is 282 g/mol. The standard InChI is InChI=1S/C15H26N2O3/c1-12-9-16(10-13(12)15(19)20)11-14(18)17-7-5-3-2-4-6-8-17/h12-13H,2-11H2,1H3,(H,19,20). The molecular weight excluding hydrogens is 256 g/mol. The molecule has 2 fully saturated rings. The van der Waals surface area contributed by atoms with Gasteiger partial charge in [-0.2, -0.15) is 0 Å². The summed E-state index contributed by atoms with van der Waals surface area (Å²) in [5.41, 5.74) is 0. The maximum absolute atomic E-state index is 12.3. The number of carboxylic acid groups (broad SMARTS) is 1. The first-order chi connectivity index (χ1) is 9.58. The first kappa shape index (κ1) is 15.3. The molecular formula is C15H26N2O3. The summed E-state index contributed by atoms with van der Waals surface area (Å²) in [5.74, 6) is -0.758. The molecule has 1 N–H and O–H groups in total. The number of carboxylic acids is 1. The predicted octanol–water partition coefficient (Wildman–Crippen LogP) is 1.43. The van der Waals surface area contributed by atoms with Crippen LogP contribution in [0.25, 0.3) is 0 Å². The third-order valence-electron chi connectivity index (χ3n) is 4.57. The van der Waals surface area contributed by atoms with Crippen LogP contribution in [0.4, 0.5) is 0 Å². The van der Waals surface area contributed by atoms with Crippen molar-refractivity contribution in [2.75, 3.05) is 32.7 Å². The fraction of sp³-hybridized carbons (Fsp3) is 0.867. The van der Waals surface area contributed by atoms with E-state index in [1.165, 1.54) is 19.3 Å². The highest BCUT2D eigenvalue weighted by Crippen LogP contribution is 2.23. The second kappa shape index (κ2) is 7.07. The van der Waals surface area contributed by atoms with Crippen LogP contribution >= 0.6 is 0 Å². The number of hydrogen-bond donors (Lipinski definition) is 1. The lowest BCUT2D eigenvalue weighted by Crippen LogP contribution is -2.41. The molecule has 2 aliphatic heterocycles. The Bertz CT molecular complexity index is 351. The van der Waals surface area contributed by atoms with Crippen LogP contribution in [-0.2, 0) is 9.59 Å². The summed E-state index contributed by atoms with van der Waals surface area (Å²) in [6.07, 6.45) is 5.91. The van der Waals surface area contributed by atoms with E-state index in [0.29, 0.717) is 13.1 Å². The van der Waals surface area contributed by atoms with E-state index >= 15 is 0 Å². The van der Waals surface area contributed by atoms with E-state index in [9.17, 15) is 9.59 Å². The molecule has 0 aromatic rings. The Kier molecular flexibility index (Phi) is 5.40. The van der Waals surface area contributed by atoms with Gasteiger partial charge in [0.05, 0.1) is 12.5 Å². The van der Waals surface area contributed by atoms with Crippen molar-refractivity contribution >= 4 is 11.9 Å². The number of hydrogen-bond acceptors (Lipinski definition) is 3. The lowest BCUT2D eigenvalue weighted by atomic mass is 9.99. The Hall–Kier alpha value is -1.10. The van der Waals surface area contributed by atoms with Crippen molar-refractivity contribution in [3.8, 4) is 0 Å². The molecule has 2 saturated heterocycles. The number of carbonyl (C=O) groups excluding carboxylic acids is 1. The molecule has 0 aromatic carbocycles. The van der Waals surface area contributed by atoms with Gasteiger partial charge in [0.25, 0.3) is 0 Å². The summed E-state index contributed by atoms with van der Waals surface area (Å²) in [7, 11) is 0. The summed E-state index contributed by atoms with van der Waals surface area (Å²) in [4.78, 5) is 27.4. The zero-order chi connectivity index (χ0) is 14.5. The van der Waals surface area contributed by atoms with Crippen LogP contribution in [0, 0.1) is 11.8 Å². The third kappa shape index (κ3) is 3.95. The molecule has 0 aromatic heterocycles. The van der Waals surface area contributed by atoms with Gasteiger partial charge >= 0.3 is 5.97 Å². The Labute approximate surface area is 120 Å². The van der Waals surface area contributed by atoms with Crippen molar-refractivity contribution in [3.05, 3.63) is 0 Å². The summed E-state index contributed by atoms with van der Waals surface area (Å²) in [5, 5.41) is 9.13. The maximum atomic E-state index is 12.3. The summed E-state index contributed by atoms with van der Waals surface area (Å²) >= 11 is 0. The lowest BCUT2D eigenvalue weighted by molar-refractivity contribution is -0.142. The van der Waals surface area contributed by atoms with Crippen molar-refractivity contribution in [3.63, 3.8) is 0 Å². The smallest absolute Gasteiger partial charge is 0.308 e. The molecule has 1 amide bonds. The van der Waals surface area contributed by atoms with E-state index in [1.54, 1.807) is 0 Å². The minimum absolute atomic E-state index is 0.132. The van der Waals surface area contributed by atoms with Crippen molar-refractivity contribution in [1.29, 1.82) is 0 Å². The van der Waals surface area contributed by atoms with Gasteiger partial charge in [-0.3, -0.25) is 14.5 Å². The van der Waals surface area contributed by atoms with E-state index in [2.05, 4.69) is 0 Å². The zero-order valence-electron chi connectivity index (χ0n) is 12.4. The second-order valence-electron chi connectivity index (χ2n) is 6.26. The Morgan fingerprint density at radius 2 is 1.65 bits per heavy atom. The maximum Gasteiger partial charge on any atom is 0.308 e. The molecule has 5 heteroatoms. The average Bonchev–Trinajstić information content (AvgIpc) is 2.69. The zero-order valence-corrected chi connectivity index (χ0v) is 12.4. The van der Waals surface area contributed by atoms with Gasteiger partial charge in [-0.25, -0.2) is 0 Å². The van der Waals surface area contributed by atoms with Gasteiger partial charge in [0.1, 0.15) is 0 Å². The van der Waals surface area contributed by atoms with Crippen LogP contribution < -0.4 is 0 Å². The molecule has 20 heavy (non-hydrogen) atoms. The molecule has 114 valence electrons. The fourth-order valence-corrected chi connectivity index (χ4v) is 3.31. The van der Waals surface area contributed by atoms with E-state index < -0.39 is 5.97 Å². The number of rotatable bonds is 3. The molecule has 2 rings (SSSR count). The molecule has 5 nitrogen and oxygen atoms in total. The first-order valence-electron chi connectivity index (χ1n) is 7.81. The first-order valence-corrected chi connectivity index (χ1v) is 7.81. The SMILES string of the molecule is CC1CN(CC(=O)N2CCCCCCC2)CC1C(=O)O. The molecule has 2 atom stereocenters. The van der Waals surface area contributed by atoms with E-state index in [-0.39, 0.29) is 17.7 Å². The highest BCUT2D eigenvalue weighted by molar-refractivity contribution is 5.78. The highest BCUT2D eigenvalue weighted by Gasteiger charge is 2.35. The van der Waals surface area contributed by atoms with Gasteiger partial charge in [-0.1, -0.05) is 26.2 Å². The van der Waals surface area contributed by atoms with Crippen LogP contribution in [-0.4, -0.2) is 59.5 Å². The normalized spacial score (nSPS) is 28.9. The van der Waals surface area contributed by atoms with Gasteiger partial charge in [-0.15, -0.1) is 0 Å². The summed E-state index contributed by atoms with van der Waals surface area (Å²) in [6.45, 7) is 5.30. The minimum atomic E-state index is -0.737. The second-order valence-corrected chi connectivity index (χ2v) is 6.26. The van der Waals surface area contributed by atoms with Crippen LogP contribution in [0.2, 0.25) is 0 Å². The number of carbonyl (C=O) groups is 2. The van der Waals surface area contributed by atoms with Crippen LogP contribution in [0.3, 0.4) is 0 Å². The van der Waals surface area contributed by atoms with Crippen molar-refractivity contribution in [1.82, 2.24) is 9.80 Å². The Balaban J connectivity index is 1.83. The summed E-state index contributed by atoms with van der Waals surface area (Å²) < 4.78 is 0. The fourth-order valence-electron chi connectivity index (χ4n) is 3.31. The molecule has 0 aliphatic carbocycles. The minimum Gasteiger partial charge on any atom is -0.481 e. The van der Waals surface area contributed by atoms with Gasteiger partial charge in [-0.05, 0) is 18.8 Å². The van der Waals surface area contributed by atoms with Crippen molar-refractivity contribution in [2.24, 2.45) is 11.8 Å².